The highest BCUT2D eigenvalue weighted by molar-refractivity contribution is 5.80. The number of anilines is 1. The minimum absolute atomic E-state index is 0.0524. The third-order valence-corrected chi connectivity index (χ3v) is 3.35. The minimum atomic E-state index is -0.0524. The highest BCUT2D eigenvalue weighted by atomic mass is 16.2. The molecule has 0 saturated carbocycles. The average molecular weight is 248 g/mol. The molecule has 1 unspecified atom stereocenters. The Hall–Kier alpha value is -1.62. The van der Waals surface area contributed by atoms with E-state index in [1.165, 1.54) is 0 Å². The molecule has 1 aromatic rings. The molecule has 1 aliphatic heterocycles. The number of hydrogen-bond donors (Lipinski definition) is 1. The second-order valence-electron chi connectivity index (χ2n) is 5.04. The van der Waals surface area contributed by atoms with Crippen molar-refractivity contribution in [3.8, 4) is 0 Å². The number of aromatic nitrogens is 1. The number of carbonyl (C=O) groups is 1. The number of amides is 1. The number of rotatable bonds is 3. The highest BCUT2D eigenvalue weighted by Crippen LogP contribution is 2.21. The van der Waals surface area contributed by atoms with Crippen molar-refractivity contribution < 1.29 is 4.79 Å². The van der Waals surface area contributed by atoms with Gasteiger partial charge in [-0.25, -0.2) is 4.98 Å². The van der Waals surface area contributed by atoms with E-state index in [2.05, 4.69) is 29.0 Å². The van der Waals surface area contributed by atoms with Gasteiger partial charge in [0.25, 0.3) is 0 Å². The SMILES string of the molecule is CC(C)N(C)c1ccc(C2NC(=O)CN2C)cn1. The van der Waals surface area contributed by atoms with Crippen LogP contribution in [0.4, 0.5) is 5.82 Å². The molecule has 1 aliphatic rings. The van der Waals surface area contributed by atoms with E-state index in [-0.39, 0.29) is 12.1 Å². The van der Waals surface area contributed by atoms with Gasteiger partial charge >= 0.3 is 0 Å². The second-order valence-corrected chi connectivity index (χ2v) is 5.04. The van der Waals surface area contributed by atoms with Crippen molar-refractivity contribution in [1.29, 1.82) is 0 Å². The quantitative estimate of drug-likeness (QED) is 0.866. The average Bonchev–Trinajstić information content (AvgIpc) is 2.67. The smallest absolute Gasteiger partial charge is 0.235 e. The molecule has 1 N–H and O–H groups in total. The molecule has 98 valence electrons. The van der Waals surface area contributed by atoms with Gasteiger partial charge in [-0.05, 0) is 27.0 Å². The van der Waals surface area contributed by atoms with Crippen molar-refractivity contribution in [3.63, 3.8) is 0 Å². The van der Waals surface area contributed by atoms with Crippen LogP contribution in [0, 0.1) is 0 Å². The van der Waals surface area contributed by atoms with E-state index in [9.17, 15) is 4.79 Å². The number of pyridine rings is 1. The van der Waals surface area contributed by atoms with Crippen molar-refractivity contribution in [2.75, 3.05) is 25.5 Å². The fraction of sp³-hybridized carbons (Fsp3) is 0.538. The summed E-state index contributed by atoms with van der Waals surface area (Å²) in [5.41, 5.74) is 1.02. The summed E-state index contributed by atoms with van der Waals surface area (Å²) < 4.78 is 0. The first-order chi connectivity index (χ1) is 8.49. The number of carbonyl (C=O) groups excluding carboxylic acids is 1. The lowest BCUT2D eigenvalue weighted by Gasteiger charge is -2.24. The summed E-state index contributed by atoms with van der Waals surface area (Å²) in [4.78, 5) is 19.9. The first kappa shape index (κ1) is 12.8. The zero-order valence-electron chi connectivity index (χ0n) is 11.3. The van der Waals surface area contributed by atoms with Crippen molar-refractivity contribution in [1.82, 2.24) is 15.2 Å². The molecule has 2 rings (SSSR count). The van der Waals surface area contributed by atoms with Crippen LogP contribution in [0.3, 0.4) is 0 Å². The minimum Gasteiger partial charge on any atom is -0.357 e. The fourth-order valence-corrected chi connectivity index (χ4v) is 2.00. The maximum Gasteiger partial charge on any atom is 0.235 e. The van der Waals surface area contributed by atoms with Gasteiger partial charge in [-0.3, -0.25) is 9.69 Å². The zero-order valence-corrected chi connectivity index (χ0v) is 11.3. The van der Waals surface area contributed by atoms with Crippen LogP contribution in [-0.4, -0.2) is 42.5 Å². The van der Waals surface area contributed by atoms with E-state index in [0.29, 0.717) is 12.6 Å². The van der Waals surface area contributed by atoms with E-state index in [1.807, 2.05) is 37.3 Å². The normalized spacial score (nSPS) is 20.3. The summed E-state index contributed by atoms with van der Waals surface area (Å²) in [5.74, 6) is 1.01. The first-order valence-electron chi connectivity index (χ1n) is 6.17. The molecule has 0 aliphatic carbocycles. The molecule has 0 radical (unpaired) electrons. The van der Waals surface area contributed by atoms with Crippen LogP contribution in [0.25, 0.3) is 0 Å². The van der Waals surface area contributed by atoms with Crippen LogP contribution in [0.2, 0.25) is 0 Å². The third-order valence-electron chi connectivity index (χ3n) is 3.35. The number of nitrogens with zero attached hydrogens (tertiary/aromatic N) is 3. The predicted octanol–water partition coefficient (Wildman–Crippen LogP) is 0.986. The standard InChI is InChI=1S/C13H20N4O/c1-9(2)17(4)11-6-5-10(7-14-11)13-15-12(18)8-16(13)3/h5-7,9,13H,8H2,1-4H3,(H,15,18). The monoisotopic (exact) mass is 248 g/mol. The van der Waals surface area contributed by atoms with Gasteiger partial charge in [0, 0.05) is 24.8 Å². The highest BCUT2D eigenvalue weighted by Gasteiger charge is 2.27. The molecule has 0 spiro atoms. The molecule has 1 atom stereocenters. The molecule has 0 bridgehead atoms. The van der Waals surface area contributed by atoms with Crippen molar-refractivity contribution in [2.45, 2.75) is 26.1 Å². The number of nitrogens with one attached hydrogen (secondary N) is 1. The fourth-order valence-electron chi connectivity index (χ4n) is 2.00. The number of hydrogen-bond acceptors (Lipinski definition) is 4. The molecule has 0 aromatic carbocycles. The van der Waals surface area contributed by atoms with Gasteiger partial charge in [-0.15, -0.1) is 0 Å². The van der Waals surface area contributed by atoms with E-state index >= 15 is 0 Å². The molecule has 1 saturated heterocycles. The third kappa shape index (κ3) is 2.46. The molecular formula is C13H20N4O. The van der Waals surface area contributed by atoms with E-state index in [0.717, 1.165) is 11.4 Å². The predicted molar refractivity (Wildman–Crippen MR) is 71.3 cm³/mol. The van der Waals surface area contributed by atoms with Gasteiger partial charge in [-0.2, -0.15) is 0 Å². The summed E-state index contributed by atoms with van der Waals surface area (Å²) in [7, 11) is 3.95. The molecular weight excluding hydrogens is 228 g/mol. The largest absolute Gasteiger partial charge is 0.357 e. The topological polar surface area (TPSA) is 48.5 Å². The lowest BCUT2D eigenvalue weighted by molar-refractivity contribution is -0.118. The van der Waals surface area contributed by atoms with Crippen molar-refractivity contribution in [2.24, 2.45) is 0 Å². The second kappa shape index (κ2) is 4.94. The molecule has 1 amide bonds. The molecule has 1 aromatic heterocycles. The van der Waals surface area contributed by atoms with Crippen molar-refractivity contribution in [3.05, 3.63) is 23.9 Å². The number of likely N-dealkylation sites (N-methyl/N-ethyl adjacent to an activating group) is 1. The molecule has 18 heavy (non-hydrogen) atoms. The van der Waals surface area contributed by atoms with Gasteiger partial charge in [0.15, 0.2) is 0 Å². The Kier molecular flexibility index (Phi) is 3.52. The van der Waals surface area contributed by atoms with E-state index < -0.39 is 0 Å². The van der Waals surface area contributed by atoms with Gasteiger partial charge in [0.05, 0.1) is 6.54 Å². The first-order valence-corrected chi connectivity index (χ1v) is 6.17. The maximum absolute atomic E-state index is 11.3. The summed E-state index contributed by atoms with van der Waals surface area (Å²) in [5, 5.41) is 2.92. The maximum atomic E-state index is 11.3. The Balaban J connectivity index is 2.15. The van der Waals surface area contributed by atoms with Crippen molar-refractivity contribution >= 4 is 11.7 Å². The zero-order chi connectivity index (χ0) is 13.3. The summed E-state index contributed by atoms with van der Waals surface area (Å²) in [6, 6.07) is 4.43. The summed E-state index contributed by atoms with van der Waals surface area (Å²) >= 11 is 0. The Morgan fingerprint density at radius 2 is 2.22 bits per heavy atom. The van der Waals surface area contributed by atoms with Crippen LogP contribution in [0.1, 0.15) is 25.6 Å². The molecule has 1 fully saturated rings. The van der Waals surface area contributed by atoms with Crippen LogP contribution in [-0.2, 0) is 4.79 Å². The summed E-state index contributed by atoms with van der Waals surface area (Å²) in [6.07, 6.45) is 1.78. The van der Waals surface area contributed by atoms with Gasteiger partial charge in [-0.1, -0.05) is 6.07 Å². The van der Waals surface area contributed by atoms with Crippen LogP contribution in [0.5, 0.6) is 0 Å². The van der Waals surface area contributed by atoms with Gasteiger partial charge in [0.2, 0.25) is 5.91 Å². The molecule has 5 heteroatoms. The Labute approximate surface area is 108 Å². The lowest BCUT2D eigenvalue weighted by atomic mass is 10.2. The Bertz CT molecular complexity index is 429. The van der Waals surface area contributed by atoms with Crippen LogP contribution >= 0.6 is 0 Å². The van der Waals surface area contributed by atoms with E-state index in [1.54, 1.807) is 0 Å². The summed E-state index contributed by atoms with van der Waals surface area (Å²) in [6.45, 7) is 4.69. The molecule has 5 nitrogen and oxygen atoms in total. The lowest BCUT2D eigenvalue weighted by Crippen LogP contribution is -2.27. The van der Waals surface area contributed by atoms with Crippen LogP contribution in [0.15, 0.2) is 18.3 Å². The Morgan fingerprint density at radius 1 is 1.50 bits per heavy atom. The Morgan fingerprint density at radius 3 is 2.67 bits per heavy atom. The van der Waals surface area contributed by atoms with Gasteiger partial charge < -0.3 is 10.2 Å². The van der Waals surface area contributed by atoms with Crippen LogP contribution < -0.4 is 10.2 Å². The van der Waals surface area contributed by atoms with Gasteiger partial charge in [0.1, 0.15) is 12.0 Å². The van der Waals surface area contributed by atoms with E-state index in [4.69, 9.17) is 0 Å². The molecule has 2 heterocycles.